The molecule has 0 fully saturated rings. The number of hydrogen-bond donors (Lipinski definition) is 1. The molecule has 0 bridgehead atoms. The molecule has 0 spiro atoms. The third kappa shape index (κ3) is 4.51. The predicted molar refractivity (Wildman–Crippen MR) is 77.0 cm³/mol. The van der Waals surface area contributed by atoms with Crippen LogP contribution in [0.5, 0.6) is 0 Å². The zero-order valence-electron chi connectivity index (χ0n) is 9.77. The van der Waals surface area contributed by atoms with Crippen LogP contribution < -0.4 is 5.73 Å². The van der Waals surface area contributed by atoms with Crippen molar-refractivity contribution in [2.45, 2.75) is 5.75 Å². The number of nitrogens with zero attached hydrogens (tertiary/aromatic N) is 1. The van der Waals surface area contributed by atoms with Gasteiger partial charge in [0.05, 0.1) is 0 Å². The van der Waals surface area contributed by atoms with E-state index in [0.717, 1.165) is 23.6 Å². The summed E-state index contributed by atoms with van der Waals surface area (Å²) in [5.41, 5.74) is 7.93. The fourth-order valence-corrected chi connectivity index (χ4v) is 2.63. The highest BCUT2D eigenvalue weighted by atomic mass is 32.2. The molecule has 0 aliphatic carbocycles. The lowest BCUT2D eigenvalue weighted by molar-refractivity contribution is 0.437. The lowest BCUT2D eigenvalue weighted by Gasteiger charge is -2.10. The molecule has 0 saturated carbocycles. The van der Waals surface area contributed by atoms with Gasteiger partial charge in [0, 0.05) is 23.6 Å². The standard InChI is InChI=1S/C12H18N2S2/c1-14(2)7-8-16-9-10-5-3-4-6-11(10)12(13)15/h3-6H,7-9H2,1-2H3,(H2,13,15). The maximum absolute atomic E-state index is 5.68. The Labute approximate surface area is 107 Å². The molecule has 88 valence electrons. The fraction of sp³-hybridized carbons (Fsp3) is 0.417. The Morgan fingerprint density at radius 1 is 1.38 bits per heavy atom. The number of benzene rings is 1. The summed E-state index contributed by atoms with van der Waals surface area (Å²) in [6.07, 6.45) is 0. The number of nitrogens with two attached hydrogens (primary N) is 1. The van der Waals surface area contributed by atoms with E-state index in [0.29, 0.717) is 4.99 Å². The summed E-state index contributed by atoms with van der Waals surface area (Å²) in [7, 11) is 4.17. The molecule has 0 atom stereocenters. The zero-order chi connectivity index (χ0) is 12.0. The van der Waals surface area contributed by atoms with Crippen molar-refractivity contribution in [1.82, 2.24) is 4.90 Å². The van der Waals surface area contributed by atoms with E-state index < -0.39 is 0 Å². The molecule has 0 aromatic heterocycles. The maximum atomic E-state index is 5.68. The monoisotopic (exact) mass is 254 g/mol. The fourth-order valence-electron chi connectivity index (χ4n) is 1.32. The minimum absolute atomic E-state index is 0.490. The van der Waals surface area contributed by atoms with E-state index in [4.69, 9.17) is 18.0 Å². The molecule has 2 N–H and O–H groups in total. The zero-order valence-corrected chi connectivity index (χ0v) is 11.4. The second-order valence-corrected chi connectivity index (χ2v) is 5.42. The summed E-state index contributed by atoms with van der Waals surface area (Å²) in [5, 5.41) is 0. The van der Waals surface area contributed by atoms with Crippen molar-refractivity contribution >= 4 is 29.0 Å². The normalized spacial score (nSPS) is 10.7. The van der Waals surface area contributed by atoms with Crippen LogP contribution in [0, 0.1) is 0 Å². The van der Waals surface area contributed by atoms with Crippen molar-refractivity contribution < 1.29 is 0 Å². The lowest BCUT2D eigenvalue weighted by Crippen LogP contribution is -2.15. The number of rotatable bonds is 6. The van der Waals surface area contributed by atoms with Crippen LogP contribution in [0.25, 0.3) is 0 Å². The van der Waals surface area contributed by atoms with Gasteiger partial charge in [0.25, 0.3) is 0 Å². The highest BCUT2D eigenvalue weighted by Crippen LogP contribution is 2.16. The SMILES string of the molecule is CN(C)CCSCc1ccccc1C(N)=S. The van der Waals surface area contributed by atoms with Crippen LogP contribution in [0.15, 0.2) is 24.3 Å². The van der Waals surface area contributed by atoms with Crippen molar-refractivity contribution in [2.75, 3.05) is 26.4 Å². The van der Waals surface area contributed by atoms with Crippen LogP contribution in [-0.4, -0.2) is 36.3 Å². The van der Waals surface area contributed by atoms with E-state index in [-0.39, 0.29) is 0 Å². The molecule has 0 saturated heterocycles. The first-order valence-electron chi connectivity index (χ1n) is 5.21. The minimum Gasteiger partial charge on any atom is -0.389 e. The molecule has 0 aliphatic heterocycles. The van der Waals surface area contributed by atoms with E-state index >= 15 is 0 Å². The molecule has 0 unspecified atom stereocenters. The smallest absolute Gasteiger partial charge is 0.104 e. The van der Waals surface area contributed by atoms with Crippen molar-refractivity contribution in [3.8, 4) is 0 Å². The number of thiocarbonyl (C=S) groups is 1. The molecule has 1 aromatic rings. The van der Waals surface area contributed by atoms with Crippen molar-refractivity contribution in [3.63, 3.8) is 0 Å². The van der Waals surface area contributed by atoms with E-state index in [2.05, 4.69) is 25.1 Å². The Bertz CT molecular complexity index is 351. The first-order chi connectivity index (χ1) is 7.61. The molecule has 0 aliphatic rings. The third-order valence-electron chi connectivity index (χ3n) is 2.22. The number of thioether (sulfide) groups is 1. The summed E-state index contributed by atoms with van der Waals surface area (Å²) in [5.74, 6) is 2.10. The van der Waals surface area contributed by atoms with Gasteiger partial charge in [0.15, 0.2) is 0 Å². The molecular weight excluding hydrogens is 236 g/mol. The van der Waals surface area contributed by atoms with Gasteiger partial charge in [0.2, 0.25) is 0 Å². The number of hydrogen-bond acceptors (Lipinski definition) is 3. The quantitative estimate of drug-likeness (QED) is 0.622. The largest absolute Gasteiger partial charge is 0.389 e. The van der Waals surface area contributed by atoms with Gasteiger partial charge >= 0.3 is 0 Å². The summed E-state index contributed by atoms with van der Waals surface area (Å²) >= 11 is 6.94. The molecule has 0 radical (unpaired) electrons. The van der Waals surface area contributed by atoms with Crippen LogP contribution in [0.1, 0.15) is 11.1 Å². The highest BCUT2D eigenvalue weighted by molar-refractivity contribution is 7.98. The molecule has 16 heavy (non-hydrogen) atoms. The van der Waals surface area contributed by atoms with Crippen molar-refractivity contribution in [3.05, 3.63) is 35.4 Å². The Kier molecular flexibility index (Phi) is 5.80. The molecule has 1 rings (SSSR count). The van der Waals surface area contributed by atoms with Gasteiger partial charge in [0.1, 0.15) is 4.99 Å². The van der Waals surface area contributed by atoms with E-state index in [9.17, 15) is 0 Å². The van der Waals surface area contributed by atoms with Crippen molar-refractivity contribution in [2.24, 2.45) is 5.73 Å². The maximum Gasteiger partial charge on any atom is 0.104 e. The molecular formula is C12H18N2S2. The van der Waals surface area contributed by atoms with Crippen LogP contribution in [-0.2, 0) is 5.75 Å². The Hall–Kier alpha value is -0.580. The molecule has 2 nitrogen and oxygen atoms in total. The van der Waals surface area contributed by atoms with Crippen LogP contribution in [0.2, 0.25) is 0 Å². The van der Waals surface area contributed by atoms with Crippen molar-refractivity contribution in [1.29, 1.82) is 0 Å². The minimum atomic E-state index is 0.490. The van der Waals surface area contributed by atoms with Gasteiger partial charge in [-0.1, -0.05) is 36.5 Å². The summed E-state index contributed by atoms with van der Waals surface area (Å²) < 4.78 is 0. The van der Waals surface area contributed by atoms with Crippen LogP contribution in [0.3, 0.4) is 0 Å². The van der Waals surface area contributed by atoms with E-state index in [1.807, 2.05) is 30.0 Å². The Balaban J connectivity index is 2.50. The van der Waals surface area contributed by atoms with Gasteiger partial charge in [-0.15, -0.1) is 0 Å². The average molecular weight is 254 g/mol. The molecule has 0 heterocycles. The van der Waals surface area contributed by atoms with E-state index in [1.165, 1.54) is 5.56 Å². The van der Waals surface area contributed by atoms with Crippen LogP contribution >= 0.6 is 24.0 Å². The van der Waals surface area contributed by atoms with Gasteiger partial charge in [-0.3, -0.25) is 0 Å². The molecule has 0 amide bonds. The predicted octanol–water partition coefficient (Wildman–Crippen LogP) is 2.12. The third-order valence-corrected chi connectivity index (χ3v) is 3.43. The summed E-state index contributed by atoms with van der Waals surface area (Å²) in [4.78, 5) is 2.68. The summed E-state index contributed by atoms with van der Waals surface area (Å²) in [6, 6.07) is 8.09. The molecule has 1 aromatic carbocycles. The lowest BCUT2D eigenvalue weighted by atomic mass is 10.1. The highest BCUT2D eigenvalue weighted by Gasteiger charge is 2.03. The first kappa shape index (κ1) is 13.5. The van der Waals surface area contributed by atoms with E-state index in [1.54, 1.807) is 0 Å². The topological polar surface area (TPSA) is 29.3 Å². The Morgan fingerprint density at radius 2 is 2.06 bits per heavy atom. The van der Waals surface area contributed by atoms with Crippen LogP contribution in [0.4, 0.5) is 0 Å². The second-order valence-electron chi connectivity index (χ2n) is 3.88. The average Bonchev–Trinajstić information content (AvgIpc) is 2.24. The van der Waals surface area contributed by atoms with Gasteiger partial charge in [-0.2, -0.15) is 11.8 Å². The molecule has 4 heteroatoms. The second kappa shape index (κ2) is 6.89. The Morgan fingerprint density at radius 3 is 2.69 bits per heavy atom. The summed E-state index contributed by atoms with van der Waals surface area (Å²) in [6.45, 7) is 1.10. The van der Waals surface area contributed by atoms with Gasteiger partial charge in [-0.05, 0) is 19.7 Å². The van der Waals surface area contributed by atoms with Gasteiger partial charge in [-0.25, -0.2) is 0 Å². The first-order valence-corrected chi connectivity index (χ1v) is 6.77. The van der Waals surface area contributed by atoms with Gasteiger partial charge < -0.3 is 10.6 Å².